The molecule has 0 radical (unpaired) electrons. The van der Waals surface area contributed by atoms with Gasteiger partial charge in [-0.25, -0.2) is 4.39 Å². The Balaban J connectivity index is 2.60. The molecule has 1 aromatic carbocycles. The lowest BCUT2D eigenvalue weighted by atomic mass is 10.2. The Bertz CT molecular complexity index is 368. The molecular weight excluding hydrogens is 221 g/mol. The predicted octanol–water partition coefficient (Wildman–Crippen LogP) is 2.61. The zero-order valence-electron chi connectivity index (χ0n) is 10.3. The highest BCUT2D eigenvalue weighted by Crippen LogP contribution is 2.18. The minimum atomic E-state index is -0.266. The molecule has 0 saturated carbocycles. The lowest BCUT2D eigenvalue weighted by Gasteiger charge is -2.22. The Morgan fingerprint density at radius 2 is 2.06 bits per heavy atom. The molecule has 0 heterocycles. The molecule has 94 valence electrons. The largest absolute Gasteiger partial charge is 0.466 e. The molecule has 0 N–H and O–H groups in total. The zero-order chi connectivity index (χ0) is 12.7. The van der Waals surface area contributed by atoms with Crippen LogP contribution in [0.1, 0.15) is 20.3 Å². The standard InChI is InChI=1S/C13H18FNO2/c1-3-15(10-9-13(16)17-4-2)12-8-6-5-7-11(12)14/h5-8H,3-4,9-10H2,1-2H3. The van der Waals surface area contributed by atoms with E-state index in [2.05, 4.69) is 0 Å². The van der Waals surface area contributed by atoms with Crippen molar-refractivity contribution >= 4 is 11.7 Å². The van der Waals surface area contributed by atoms with Crippen LogP contribution in [0.4, 0.5) is 10.1 Å². The molecule has 0 spiro atoms. The number of hydrogen-bond acceptors (Lipinski definition) is 3. The number of rotatable bonds is 6. The van der Waals surface area contributed by atoms with Gasteiger partial charge in [0.25, 0.3) is 0 Å². The van der Waals surface area contributed by atoms with E-state index in [0.717, 1.165) is 0 Å². The van der Waals surface area contributed by atoms with Crippen molar-refractivity contribution in [2.75, 3.05) is 24.6 Å². The highest BCUT2D eigenvalue weighted by atomic mass is 19.1. The van der Waals surface area contributed by atoms with Crippen molar-refractivity contribution in [1.82, 2.24) is 0 Å². The average molecular weight is 239 g/mol. The summed E-state index contributed by atoms with van der Waals surface area (Å²) in [7, 11) is 0. The van der Waals surface area contributed by atoms with Crippen molar-refractivity contribution in [2.24, 2.45) is 0 Å². The number of benzene rings is 1. The first-order valence-corrected chi connectivity index (χ1v) is 5.84. The summed E-state index contributed by atoms with van der Waals surface area (Å²) in [6, 6.07) is 6.57. The second kappa shape index (κ2) is 6.89. The minimum absolute atomic E-state index is 0.248. The molecule has 17 heavy (non-hydrogen) atoms. The predicted molar refractivity (Wildman–Crippen MR) is 65.5 cm³/mol. The molecule has 0 amide bonds. The van der Waals surface area contributed by atoms with Gasteiger partial charge in [0.05, 0.1) is 18.7 Å². The summed E-state index contributed by atoms with van der Waals surface area (Å²) in [5, 5.41) is 0. The molecular formula is C13H18FNO2. The third-order valence-electron chi connectivity index (χ3n) is 2.47. The van der Waals surface area contributed by atoms with Crippen molar-refractivity contribution in [2.45, 2.75) is 20.3 Å². The van der Waals surface area contributed by atoms with Gasteiger partial charge in [-0.05, 0) is 26.0 Å². The number of hydrogen-bond donors (Lipinski definition) is 0. The Kier molecular flexibility index (Phi) is 5.46. The third-order valence-corrected chi connectivity index (χ3v) is 2.47. The molecule has 3 nitrogen and oxygen atoms in total. The molecule has 1 rings (SSSR count). The van der Waals surface area contributed by atoms with E-state index < -0.39 is 0 Å². The molecule has 0 aliphatic carbocycles. The van der Waals surface area contributed by atoms with E-state index in [1.54, 1.807) is 25.1 Å². The van der Waals surface area contributed by atoms with Gasteiger partial charge >= 0.3 is 5.97 Å². The molecule has 0 aromatic heterocycles. The van der Waals surface area contributed by atoms with Gasteiger partial charge < -0.3 is 9.64 Å². The molecule has 0 atom stereocenters. The van der Waals surface area contributed by atoms with Crippen molar-refractivity contribution in [3.05, 3.63) is 30.1 Å². The maximum absolute atomic E-state index is 13.5. The summed E-state index contributed by atoms with van der Waals surface area (Å²) in [4.78, 5) is 13.1. The number of anilines is 1. The fourth-order valence-corrected chi connectivity index (χ4v) is 1.62. The fraction of sp³-hybridized carbons (Fsp3) is 0.462. The van der Waals surface area contributed by atoms with Crippen LogP contribution in [0.15, 0.2) is 24.3 Å². The highest BCUT2D eigenvalue weighted by molar-refractivity contribution is 5.70. The second-order valence-corrected chi connectivity index (χ2v) is 3.59. The molecule has 1 aromatic rings. The number of carbonyl (C=O) groups is 1. The molecule has 0 unspecified atom stereocenters. The van der Waals surface area contributed by atoms with Gasteiger partial charge in [0.2, 0.25) is 0 Å². The van der Waals surface area contributed by atoms with Gasteiger partial charge in [-0.15, -0.1) is 0 Å². The number of ether oxygens (including phenoxy) is 1. The van der Waals surface area contributed by atoms with E-state index in [4.69, 9.17) is 4.74 Å². The van der Waals surface area contributed by atoms with E-state index in [9.17, 15) is 9.18 Å². The van der Waals surface area contributed by atoms with Gasteiger partial charge in [0, 0.05) is 13.1 Å². The van der Waals surface area contributed by atoms with Crippen molar-refractivity contribution < 1.29 is 13.9 Å². The van der Waals surface area contributed by atoms with E-state index in [1.165, 1.54) is 6.07 Å². The van der Waals surface area contributed by atoms with Crippen molar-refractivity contribution in [3.63, 3.8) is 0 Å². The number of para-hydroxylation sites is 1. The van der Waals surface area contributed by atoms with Crippen LogP contribution < -0.4 is 4.90 Å². The summed E-state index contributed by atoms with van der Waals surface area (Å²) in [6.07, 6.45) is 0.274. The average Bonchev–Trinajstić information content (AvgIpc) is 2.32. The van der Waals surface area contributed by atoms with E-state index in [0.29, 0.717) is 25.4 Å². The second-order valence-electron chi connectivity index (χ2n) is 3.59. The van der Waals surface area contributed by atoms with Crippen LogP contribution in [-0.2, 0) is 9.53 Å². The Morgan fingerprint density at radius 1 is 1.35 bits per heavy atom. The maximum Gasteiger partial charge on any atom is 0.307 e. The zero-order valence-corrected chi connectivity index (χ0v) is 10.3. The lowest BCUT2D eigenvalue weighted by Crippen LogP contribution is -2.27. The van der Waals surface area contributed by atoms with E-state index in [1.807, 2.05) is 11.8 Å². The van der Waals surface area contributed by atoms with Gasteiger partial charge in [-0.3, -0.25) is 4.79 Å². The third kappa shape index (κ3) is 4.06. The Morgan fingerprint density at radius 3 is 2.65 bits per heavy atom. The summed E-state index contributed by atoms with van der Waals surface area (Å²) in [6.45, 7) is 5.20. The molecule has 0 fully saturated rings. The summed E-state index contributed by atoms with van der Waals surface area (Å²) in [5.74, 6) is -0.513. The molecule has 0 aliphatic heterocycles. The van der Waals surface area contributed by atoms with Crippen LogP contribution in [-0.4, -0.2) is 25.7 Å². The quantitative estimate of drug-likeness (QED) is 0.715. The first-order chi connectivity index (χ1) is 8.19. The number of halogens is 1. The van der Waals surface area contributed by atoms with Gasteiger partial charge in [0.15, 0.2) is 0 Å². The van der Waals surface area contributed by atoms with Crippen molar-refractivity contribution in [3.8, 4) is 0 Å². The first kappa shape index (κ1) is 13.5. The Hall–Kier alpha value is -1.58. The lowest BCUT2D eigenvalue weighted by molar-refractivity contribution is -0.142. The van der Waals surface area contributed by atoms with Crippen LogP contribution >= 0.6 is 0 Å². The van der Waals surface area contributed by atoms with Crippen LogP contribution in [0.3, 0.4) is 0 Å². The molecule has 0 aliphatic rings. The van der Waals surface area contributed by atoms with Gasteiger partial charge in [-0.2, -0.15) is 0 Å². The summed E-state index contributed by atoms with van der Waals surface area (Å²) >= 11 is 0. The molecule has 4 heteroatoms. The van der Waals surface area contributed by atoms with Crippen LogP contribution in [0, 0.1) is 5.82 Å². The number of carbonyl (C=O) groups excluding carboxylic acids is 1. The van der Waals surface area contributed by atoms with Crippen LogP contribution in [0.2, 0.25) is 0 Å². The minimum Gasteiger partial charge on any atom is -0.466 e. The van der Waals surface area contributed by atoms with Gasteiger partial charge in [0.1, 0.15) is 5.82 Å². The molecule has 0 saturated heterocycles. The smallest absolute Gasteiger partial charge is 0.307 e. The van der Waals surface area contributed by atoms with Crippen molar-refractivity contribution in [1.29, 1.82) is 0 Å². The monoisotopic (exact) mass is 239 g/mol. The van der Waals surface area contributed by atoms with E-state index in [-0.39, 0.29) is 18.2 Å². The van der Waals surface area contributed by atoms with Crippen LogP contribution in [0.25, 0.3) is 0 Å². The summed E-state index contributed by atoms with van der Waals surface area (Å²) < 4.78 is 18.4. The fourth-order valence-electron chi connectivity index (χ4n) is 1.62. The summed E-state index contributed by atoms with van der Waals surface area (Å²) in [5.41, 5.74) is 0.527. The highest BCUT2D eigenvalue weighted by Gasteiger charge is 2.11. The van der Waals surface area contributed by atoms with Crippen LogP contribution in [0.5, 0.6) is 0 Å². The number of esters is 1. The SMILES string of the molecule is CCOC(=O)CCN(CC)c1ccccc1F. The first-order valence-electron chi connectivity index (χ1n) is 5.84. The normalized spacial score (nSPS) is 10.1. The topological polar surface area (TPSA) is 29.5 Å². The molecule has 0 bridgehead atoms. The van der Waals surface area contributed by atoms with Gasteiger partial charge in [-0.1, -0.05) is 12.1 Å². The van der Waals surface area contributed by atoms with E-state index >= 15 is 0 Å². The Labute approximate surface area is 101 Å². The number of nitrogens with zero attached hydrogens (tertiary/aromatic N) is 1. The maximum atomic E-state index is 13.5.